The smallest absolute Gasteiger partial charge is 0.226 e. The van der Waals surface area contributed by atoms with Crippen LogP contribution in [-0.2, 0) is 0 Å². The Hall–Kier alpha value is -1.36. The summed E-state index contributed by atoms with van der Waals surface area (Å²) in [6.45, 7) is 7.52. The lowest BCUT2D eigenvalue weighted by Gasteiger charge is -2.33. The van der Waals surface area contributed by atoms with E-state index in [-0.39, 0.29) is 0 Å². The van der Waals surface area contributed by atoms with Crippen LogP contribution in [0.3, 0.4) is 0 Å². The fourth-order valence-electron chi connectivity index (χ4n) is 2.23. The first-order valence-electron chi connectivity index (χ1n) is 7.18. The monoisotopic (exact) mass is 263 g/mol. The van der Waals surface area contributed by atoms with Crippen molar-refractivity contribution in [2.75, 3.05) is 56.6 Å². The molecule has 1 saturated heterocycles. The van der Waals surface area contributed by atoms with Crippen molar-refractivity contribution in [3.63, 3.8) is 0 Å². The first-order valence-corrected chi connectivity index (χ1v) is 7.18. The van der Waals surface area contributed by atoms with Crippen LogP contribution in [0, 0.1) is 0 Å². The highest BCUT2D eigenvalue weighted by Crippen LogP contribution is 2.16. The Labute approximate surface area is 116 Å². The molecule has 0 bridgehead atoms. The average molecular weight is 263 g/mol. The molecule has 5 heteroatoms. The average Bonchev–Trinajstić information content (AvgIpc) is 2.45. The highest BCUT2D eigenvalue weighted by molar-refractivity contribution is 5.43. The Balaban J connectivity index is 2.02. The third-order valence-corrected chi connectivity index (χ3v) is 3.64. The Kier molecular flexibility index (Phi) is 4.96. The SMILES string of the molecule is CCCCN(C)c1nccc(N2CCN(C)CC2)n1. The molecule has 0 radical (unpaired) electrons. The number of likely N-dealkylation sites (N-methyl/N-ethyl adjacent to an activating group) is 1. The first-order chi connectivity index (χ1) is 9.20. The zero-order valence-electron chi connectivity index (χ0n) is 12.3. The Bertz CT molecular complexity index is 387. The summed E-state index contributed by atoms with van der Waals surface area (Å²) >= 11 is 0. The molecule has 2 heterocycles. The van der Waals surface area contributed by atoms with Crippen molar-refractivity contribution in [2.24, 2.45) is 0 Å². The third kappa shape index (κ3) is 3.80. The van der Waals surface area contributed by atoms with E-state index in [4.69, 9.17) is 4.98 Å². The molecule has 0 atom stereocenters. The van der Waals surface area contributed by atoms with E-state index in [0.29, 0.717) is 0 Å². The number of aromatic nitrogens is 2. The minimum Gasteiger partial charge on any atom is -0.354 e. The number of hydrogen-bond acceptors (Lipinski definition) is 5. The summed E-state index contributed by atoms with van der Waals surface area (Å²) in [6, 6.07) is 2.02. The molecule has 0 saturated carbocycles. The van der Waals surface area contributed by atoms with Gasteiger partial charge in [0.25, 0.3) is 0 Å². The number of rotatable bonds is 5. The molecule has 5 nitrogen and oxygen atoms in total. The van der Waals surface area contributed by atoms with Crippen LogP contribution in [0.2, 0.25) is 0 Å². The standard InChI is InChI=1S/C14H25N5/c1-4-5-8-18(3)14-15-7-6-13(16-14)19-11-9-17(2)10-12-19/h6-7H,4-5,8-12H2,1-3H3. The van der Waals surface area contributed by atoms with Crippen molar-refractivity contribution in [2.45, 2.75) is 19.8 Å². The molecule has 0 spiro atoms. The van der Waals surface area contributed by atoms with Crippen LogP contribution < -0.4 is 9.80 Å². The van der Waals surface area contributed by atoms with E-state index < -0.39 is 0 Å². The van der Waals surface area contributed by atoms with Crippen molar-refractivity contribution in [3.05, 3.63) is 12.3 Å². The molecule has 0 amide bonds. The van der Waals surface area contributed by atoms with Gasteiger partial charge in [0.1, 0.15) is 5.82 Å². The van der Waals surface area contributed by atoms with E-state index in [1.807, 2.05) is 12.3 Å². The van der Waals surface area contributed by atoms with Crippen LogP contribution in [0.1, 0.15) is 19.8 Å². The molecule has 2 rings (SSSR count). The zero-order valence-corrected chi connectivity index (χ0v) is 12.3. The predicted octanol–water partition coefficient (Wildman–Crippen LogP) is 1.46. The Morgan fingerprint density at radius 3 is 2.68 bits per heavy atom. The van der Waals surface area contributed by atoms with Gasteiger partial charge in [-0.1, -0.05) is 13.3 Å². The molecule has 1 aliphatic rings. The molecule has 1 aromatic rings. The second-order valence-electron chi connectivity index (χ2n) is 5.28. The second-order valence-corrected chi connectivity index (χ2v) is 5.28. The van der Waals surface area contributed by atoms with E-state index in [2.05, 4.69) is 40.7 Å². The van der Waals surface area contributed by atoms with E-state index in [9.17, 15) is 0 Å². The van der Waals surface area contributed by atoms with Crippen molar-refractivity contribution < 1.29 is 0 Å². The minimum absolute atomic E-state index is 0.838. The first kappa shape index (κ1) is 14.1. The van der Waals surface area contributed by atoms with Crippen molar-refractivity contribution in [3.8, 4) is 0 Å². The van der Waals surface area contributed by atoms with Gasteiger partial charge in [-0.25, -0.2) is 4.98 Å². The van der Waals surface area contributed by atoms with Crippen LogP contribution in [0.5, 0.6) is 0 Å². The van der Waals surface area contributed by atoms with Gasteiger partial charge >= 0.3 is 0 Å². The second kappa shape index (κ2) is 6.70. The van der Waals surface area contributed by atoms with E-state index in [0.717, 1.165) is 44.5 Å². The lowest BCUT2D eigenvalue weighted by atomic mass is 10.3. The number of hydrogen-bond donors (Lipinski definition) is 0. The maximum atomic E-state index is 4.70. The lowest BCUT2D eigenvalue weighted by Crippen LogP contribution is -2.44. The molecule has 1 aromatic heterocycles. The summed E-state index contributed by atoms with van der Waals surface area (Å²) in [7, 11) is 4.24. The lowest BCUT2D eigenvalue weighted by molar-refractivity contribution is 0.312. The highest BCUT2D eigenvalue weighted by atomic mass is 15.3. The van der Waals surface area contributed by atoms with Crippen molar-refractivity contribution >= 4 is 11.8 Å². The fraction of sp³-hybridized carbons (Fsp3) is 0.714. The number of nitrogens with zero attached hydrogens (tertiary/aromatic N) is 5. The molecule has 106 valence electrons. The number of piperazine rings is 1. The summed E-state index contributed by atoms with van der Waals surface area (Å²) in [6.07, 6.45) is 4.25. The van der Waals surface area contributed by atoms with E-state index >= 15 is 0 Å². The van der Waals surface area contributed by atoms with Gasteiger partial charge in [-0.15, -0.1) is 0 Å². The van der Waals surface area contributed by atoms with Gasteiger partial charge in [-0.3, -0.25) is 0 Å². The van der Waals surface area contributed by atoms with Gasteiger partial charge in [0.15, 0.2) is 0 Å². The number of unbranched alkanes of at least 4 members (excludes halogenated alkanes) is 1. The normalized spacial score (nSPS) is 16.7. The van der Waals surface area contributed by atoms with Crippen molar-refractivity contribution in [1.29, 1.82) is 0 Å². The predicted molar refractivity (Wildman–Crippen MR) is 79.9 cm³/mol. The van der Waals surface area contributed by atoms with E-state index in [1.165, 1.54) is 12.8 Å². The quantitative estimate of drug-likeness (QED) is 0.804. The minimum atomic E-state index is 0.838. The highest BCUT2D eigenvalue weighted by Gasteiger charge is 2.16. The fourth-order valence-corrected chi connectivity index (χ4v) is 2.23. The van der Waals surface area contributed by atoms with Gasteiger partial charge in [0.2, 0.25) is 5.95 Å². The molecule has 1 fully saturated rings. The Morgan fingerprint density at radius 1 is 1.26 bits per heavy atom. The summed E-state index contributed by atoms with van der Waals surface area (Å²) < 4.78 is 0. The largest absolute Gasteiger partial charge is 0.354 e. The van der Waals surface area contributed by atoms with Gasteiger partial charge in [0, 0.05) is 46.0 Å². The van der Waals surface area contributed by atoms with Gasteiger partial charge in [0.05, 0.1) is 0 Å². The van der Waals surface area contributed by atoms with Crippen LogP contribution >= 0.6 is 0 Å². The summed E-state index contributed by atoms with van der Waals surface area (Å²) in [5, 5.41) is 0. The van der Waals surface area contributed by atoms with Gasteiger partial charge < -0.3 is 14.7 Å². The van der Waals surface area contributed by atoms with Gasteiger partial charge in [-0.05, 0) is 19.5 Å². The molecule has 19 heavy (non-hydrogen) atoms. The van der Waals surface area contributed by atoms with Gasteiger partial charge in [-0.2, -0.15) is 4.98 Å². The topological polar surface area (TPSA) is 35.5 Å². The molecule has 0 aliphatic carbocycles. The summed E-state index contributed by atoms with van der Waals surface area (Å²) in [5.41, 5.74) is 0. The van der Waals surface area contributed by atoms with Crippen LogP contribution in [0.15, 0.2) is 12.3 Å². The van der Waals surface area contributed by atoms with Crippen LogP contribution in [0.4, 0.5) is 11.8 Å². The summed E-state index contributed by atoms with van der Waals surface area (Å²) in [4.78, 5) is 15.9. The zero-order chi connectivity index (χ0) is 13.7. The maximum absolute atomic E-state index is 4.70. The van der Waals surface area contributed by atoms with Crippen molar-refractivity contribution in [1.82, 2.24) is 14.9 Å². The molecule has 0 unspecified atom stereocenters. The van der Waals surface area contributed by atoms with Crippen LogP contribution in [-0.4, -0.2) is 61.7 Å². The van der Waals surface area contributed by atoms with E-state index in [1.54, 1.807) is 0 Å². The molecule has 0 aromatic carbocycles. The Morgan fingerprint density at radius 2 is 2.00 bits per heavy atom. The molecule has 1 aliphatic heterocycles. The molecular weight excluding hydrogens is 238 g/mol. The third-order valence-electron chi connectivity index (χ3n) is 3.64. The number of anilines is 2. The maximum Gasteiger partial charge on any atom is 0.226 e. The molecule has 0 N–H and O–H groups in total. The summed E-state index contributed by atoms with van der Waals surface area (Å²) in [5.74, 6) is 1.89. The molecular formula is C14H25N5. The van der Waals surface area contributed by atoms with Crippen LogP contribution in [0.25, 0.3) is 0 Å².